The molecule has 3 rings (SSSR count). The van der Waals surface area contributed by atoms with Gasteiger partial charge in [0.25, 0.3) is 5.91 Å². The van der Waals surface area contributed by atoms with Crippen molar-refractivity contribution in [3.05, 3.63) is 59.2 Å². The Morgan fingerprint density at radius 1 is 1.27 bits per heavy atom. The van der Waals surface area contributed by atoms with Gasteiger partial charge in [-0.05, 0) is 55.3 Å². The molecule has 1 unspecified atom stereocenters. The van der Waals surface area contributed by atoms with E-state index >= 15 is 0 Å². The van der Waals surface area contributed by atoms with Crippen LogP contribution in [0.1, 0.15) is 28.4 Å². The lowest BCUT2D eigenvalue weighted by Gasteiger charge is -2.22. The first-order valence-corrected chi connectivity index (χ1v) is 11.2. The molecule has 1 aliphatic heterocycles. The van der Waals surface area contributed by atoms with Crippen molar-refractivity contribution in [3.63, 3.8) is 0 Å². The second-order valence-corrected chi connectivity index (χ2v) is 9.25. The molecule has 1 aliphatic rings. The zero-order chi connectivity index (χ0) is 22.1. The van der Waals surface area contributed by atoms with Gasteiger partial charge in [-0.1, -0.05) is 12.0 Å². The molecule has 0 radical (unpaired) electrons. The van der Waals surface area contributed by atoms with Crippen molar-refractivity contribution in [2.24, 2.45) is 0 Å². The first-order valence-electron chi connectivity index (χ1n) is 9.34. The summed E-state index contributed by atoms with van der Waals surface area (Å²) < 4.78 is 25.5. The molecule has 1 N–H and O–H groups in total. The first-order chi connectivity index (χ1) is 14.1. The number of rotatable bonds is 5. The van der Waals surface area contributed by atoms with Gasteiger partial charge in [-0.3, -0.25) is 13.9 Å². The molecule has 0 aliphatic carbocycles. The van der Waals surface area contributed by atoms with Crippen LogP contribution in [-0.4, -0.2) is 51.0 Å². The lowest BCUT2D eigenvalue weighted by molar-refractivity contribution is -0.116. The van der Waals surface area contributed by atoms with Crippen LogP contribution in [0.4, 0.5) is 11.4 Å². The second kappa shape index (κ2) is 8.20. The number of amides is 2. The van der Waals surface area contributed by atoms with Crippen LogP contribution >= 0.6 is 0 Å². The van der Waals surface area contributed by atoms with Crippen molar-refractivity contribution < 1.29 is 18.0 Å². The molecule has 0 bridgehead atoms. The zero-order valence-electron chi connectivity index (χ0n) is 17.0. The Bertz CT molecular complexity index is 1150. The molecule has 0 saturated heterocycles. The van der Waals surface area contributed by atoms with Gasteiger partial charge in [-0.25, -0.2) is 8.42 Å². The van der Waals surface area contributed by atoms with Gasteiger partial charge in [0, 0.05) is 29.9 Å². The summed E-state index contributed by atoms with van der Waals surface area (Å²) in [6, 6.07) is 11.6. The Morgan fingerprint density at radius 2 is 2.00 bits per heavy atom. The molecule has 0 aromatic heterocycles. The fourth-order valence-corrected chi connectivity index (χ4v) is 4.90. The van der Waals surface area contributed by atoms with E-state index in [0.717, 1.165) is 5.56 Å². The van der Waals surface area contributed by atoms with Crippen LogP contribution < -0.4 is 9.62 Å². The molecule has 7 nitrogen and oxygen atoms in total. The quantitative estimate of drug-likeness (QED) is 0.744. The summed E-state index contributed by atoms with van der Waals surface area (Å²) in [5.41, 5.74) is 3.00. The molecule has 0 saturated carbocycles. The van der Waals surface area contributed by atoms with Gasteiger partial charge in [0.1, 0.15) is 0 Å². The zero-order valence-corrected chi connectivity index (χ0v) is 17.9. The number of fused-ring (bicyclic) bond motifs is 1. The maximum absolute atomic E-state index is 12.8. The lowest BCUT2D eigenvalue weighted by atomic mass is 10.1. The minimum atomic E-state index is -3.39. The van der Waals surface area contributed by atoms with Gasteiger partial charge in [0.05, 0.1) is 18.5 Å². The van der Waals surface area contributed by atoms with E-state index in [4.69, 9.17) is 6.42 Å². The van der Waals surface area contributed by atoms with Crippen LogP contribution in [0.3, 0.4) is 0 Å². The summed E-state index contributed by atoms with van der Waals surface area (Å²) in [6.07, 6.45) is 7.06. The first kappa shape index (κ1) is 21.4. The summed E-state index contributed by atoms with van der Waals surface area (Å²) in [5.74, 6) is 1.83. The van der Waals surface area contributed by atoms with Crippen molar-refractivity contribution >= 4 is 33.2 Å². The average Bonchev–Trinajstić information content (AvgIpc) is 3.02. The third-order valence-corrected chi connectivity index (χ3v) is 6.15. The van der Waals surface area contributed by atoms with Crippen molar-refractivity contribution in [1.29, 1.82) is 0 Å². The fraction of sp³-hybridized carbons (Fsp3) is 0.273. The predicted molar refractivity (Wildman–Crippen MR) is 117 cm³/mol. The topological polar surface area (TPSA) is 86.8 Å². The monoisotopic (exact) mass is 425 g/mol. The number of sulfonamides is 1. The van der Waals surface area contributed by atoms with Gasteiger partial charge >= 0.3 is 0 Å². The standard InChI is InChI=1S/C22H23N3O4S/c1-5-16-7-6-8-19(12-16)23-21(26)14-24(3)22(27)17-9-10-20-18(13-17)11-15(2)25(20)30(4,28)29/h1,6-10,12-13,15H,11,14H2,2-4H3,(H,23,26). The van der Waals surface area contributed by atoms with Crippen molar-refractivity contribution in [1.82, 2.24) is 4.90 Å². The number of nitrogens with one attached hydrogen (secondary N) is 1. The molecule has 1 atom stereocenters. The van der Waals surface area contributed by atoms with E-state index in [0.29, 0.717) is 28.9 Å². The van der Waals surface area contributed by atoms with Crippen molar-refractivity contribution in [2.45, 2.75) is 19.4 Å². The van der Waals surface area contributed by atoms with E-state index in [1.807, 2.05) is 6.92 Å². The molecule has 30 heavy (non-hydrogen) atoms. The van der Waals surface area contributed by atoms with Crippen LogP contribution in [0, 0.1) is 12.3 Å². The number of anilines is 2. The number of terminal acetylenes is 1. The number of likely N-dealkylation sites (N-methyl/N-ethyl adjacent to an activating group) is 1. The predicted octanol–water partition coefficient (Wildman–Crippen LogP) is 2.09. The molecule has 2 amide bonds. The van der Waals surface area contributed by atoms with E-state index in [-0.39, 0.29) is 24.4 Å². The third kappa shape index (κ3) is 4.47. The van der Waals surface area contributed by atoms with E-state index < -0.39 is 10.0 Å². The van der Waals surface area contributed by atoms with E-state index in [1.54, 1.807) is 49.5 Å². The molecule has 2 aromatic rings. The number of carbonyl (C=O) groups is 2. The fourth-order valence-electron chi connectivity index (χ4n) is 3.64. The van der Waals surface area contributed by atoms with Gasteiger partial charge in [0.2, 0.25) is 15.9 Å². The molecule has 2 aromatic carbocycles. The van der Waals surface area contributed by atoms with Crippen LogP contribution in [0.25, 0.3) is 0 Å². The summed E-state index contributed by atoms with van der Waals surface area (Å²) in [7, 11) is -1.85. The molecular formula is C22H23N3O4S. The highest BCUT2D eigenvalue weighted by Gasteiger charge is 2.33. The SMILES string of the molecule is C#Cc1cccc(NC(=O)CN(C)C(=O)c2ccc3c(c2)CC(C)N3S(C)(=O)=O)c1. The van der Waals surface area contributed by atoms with Crippen molar-refractivity contribution in [2.75, 3.05) is 29.5 Å². The Morgan fingerprint density at radius 3 is 2.67 bits per heavy atom. The molecule has 1 heterocycles. The number of hydrogen-bond acceptors (Lipinski definition) is 4. The molecule has 156 valence electrons. The second-order valence-electron chi connectivity index (χ2n) is 7.39. The summed E-state index contributed by atoms with van der Waals surface area (Å²) in [5, 5.41) is 2.72. The summed E-state index contributed by atoms with van der Waals surface area (Å²) in [4.78, 5) is 26.4. The van der Waals surface area contributed by atoms with Crippen molar-refractivity contribution in [3.8, 4) is 12.3 Å². The van der Waals surface area contributed by atoms with Gasteiger partial charge in [0.15, 0.2) is 0 Å². The lowest BCUT2D eigenvalue weighted by Crippen LogP contribution is -2.35. The smallest absolute Gasteiger partial charge is 0.254 e. The largest absolute Gasteiger partial charge is 0.332 e. The number of benzene rings is 2. The maximum atomic E-state index is 12.8. The van der Waals surface area contributed by atoms with E-state index in [9.17, 15) is 18.0 Å². The Balaban J connectivity index is 1.70. The molecule has 0 spiro atoms. The van der Waals surface area contributed by atoms with Gasteiger partial charge in [-0.15, -0.1) is 6.42 Å². The number of nitrogens with zero attached hydrogens (tertiary/aromatic N) is 2. The Kier molecular flexibility index (Phi) is 5.85. The van der Waals surface area contributed by atoms with Crippen LogP contribution in [0.5, 0.6) is 0 Å². The van der Waals surface area contributed by atoms with E-state index in [1.165, 1.54) is 15.5 Å². The van der Waals surface area contributed by atoms with Gasteiger partial charge in [-0.2, -0.15) is 0 Å². The molecule has 8 heteroatoms. The molecule has 0 fully saturated rings. The van der Waals surface area contributed by atoms with Crippen LogP contribution in [0.15, 0.2) is 42.5 Å². The Hall–Kier alpha value is -3.31. The van der Waals surface area contributed by atoms with Crippen LogP contribution in [0.2, 0.25) is 0 Å². The summed E-state index contributed by atoms with van der Waals surface area (Å²) >= 11 is 0. The highest BCUT2D eigenvalue weighted by atomic mass is 32.2. The minimum Gasteiger partial charge on any atom is -0.332 e. The maximum Gasteiger partial charge on any atom is 0.254 e. The Labute approximate surface area is 176 Å². The molecular weight excluding hydrogens is 402 g/mol. The van der Waals surface area contributed by atoms with Crippen LogP contribution in [-0.2, 0) is 21.2 Å². The highest BCUT2D eigenvalue weighted by molar-refractivity contribution is 7.92. The summed E-state index contributed by atoms with van der Waals surface area (Å²) in [6.45, 7) is 1.69. The minimum absolute atomic E-state index is 0.137. The van der Waals surface area contributed by atoms with E-state index in [2.05, 4.69) is 11.2 Å². The number of carbonyl (C=O) groups excluding carboxylic acids is 2. The average molecular weight is 426 g/mol. The normalized spacial score (nSPS) is 15.3. The van der Waals surface area contributed by atoms with Gasteiger partial charge < -0.3 is 10.2 Å². The highest BCUT2D eigenvalue weighted by Crippen LogP contribution is 2.34. The third-order valence-electron chi connectivity index (χ3n) is 4.88. The number of hydrogen-bond donors (Lipinski definition) is 1.